The number of aromatic amines is 1. The highest BCUT2D eigenvalue weighted by Crippen LogP contribution is 2.23. The van der Waals surface area contributed by atoms with E-state index in [1.807, 2.05) is 6.92 Å². The topological polar surface area (TPSA) is 53.1 Å². The molecule has 0 aliphatic rings. The van der Waals surface area contributed by atoms with Gasteiger partial charge in [-0.3, -0.25) is 4.79 Å². The van der Waals surface area contributed by atoms with Crippen molar-refractivity contribution in [3.63, 3.8) is 0 Å². The predicted octanol–water partition coefficient (Wildman–Crippen LogP) is 3.02. The fraction of sp³-hybridized carbons (Fsp3) is 0.308. The lowest BCUT2D eigenvalue weighted by molar-refractivity contribution is -0.137. The average molecular weight is 235 g/mol. The number of benzene rings is 1. The molecule has 1 aromatic heterocycles. The van der Waals surface area contributed by atoms with Crippen LogP contribution < -0.4 is 0 Å². The molecule has 0 aliphatic heterocycles. The van der Waals surface area contributed by atoms with Crippen molar-refractivity contribution in [2.24, 2.45) is 0 Å². The summed E-state index contributed by atoms with van der Waals surface area (Å²) in [5, 5.41) is 9.45. The van der Waals surface area contributed by atoms with E-state index in [0.29, 0.717) is 12.8 Å². The Balaban J connectivity index is 2.23. The molecule has 0 unspecified atom stereocenters. The number of fused-ring (bicyclic) bond motifs is 1. The summed E-state index contributed by atoms with van der Waals surface area (Å²) in [7, 11) is 0. The Hall–Kier alpha value is -1.84. The Morgan fingerprint density at radius 2 is 2.24 bits per heavy atom. The summed E-state index contributed by atoms with van der Waals surface area (Å²) in [6.45, 7) is 1.92. The monoisotopic (exact) mass is 235 g/mol. The molecule has 0 saturated carbocycles. The minimum absolute atomic E-state index is 0.156. The van der Waals surface area contributed by atoms with Crippen LogP contribution in [0.15, 0.2) is 18.2 Å². The van der Waals surface area contributed by atoms with E-state index >= 15 is 0 Å². The average Bonchev–Trinajstić information content (AvgIpc) is 2.56. The van der Waals surface area contributed by atoms with Crippen molar-refractivity contribution in [2.75, 3.05) is 0 Å². The molecule has 0 bridgehead atoms. The van der Waals surface area contributed by atoms with Gasteiger partial charge >= 0.3 is 5.97 Å². The Kier molecular flexibility index (Phi) is 3.13. The summed E-state index contributed by atoms with van der Waals surface area (Å²) in [6.07, 6.45) is 1.42. The van der Waals surface area contributed by atoms with Gasteiger partial charge in [0, 0.05) is 23.0 Å². The van der Waals surface area contributed by atoms with Crippen LogP contribution in [0.25, 0.3) is 10.9 Å². The number of halogens is 1. The third-order valence-corrected chi connectivity index (χ3v) is 2.94. The SMILES string of the molecule is Cc1c(CCCC(=O)O)[nH]c2ccc(F)cc12. The van der Waals surface area contributed by atoms with Crippen LogP contribution in [0.4, 0.5) is 4.39 Å². The van der Waals surface area contributed by atoms with E-state index in [4.69, 9.17) is 5.11 Å². The Morgan fingerprint density at radius 3 is 2.94 bits per heavy atom. The zero-order chi connectivity index (χ0) is 12.4. The second-order valence-electron chi connectivity index (χ2n) is 4.17. The highest BCUT2D eigenvalue weighted by atomic mass is 19.1. The first-order chi connectivity index (χ1) is 8.08. The lowest BCUT2D eigenvalue weighted by Crippen LogP contribution is -1.96. The van der Waals surface area contributed by atoms with E-state index < -0.39 is 5.97 Å². The van der Waals surface area contributed by atoms with Gasteiger partial charge in [0.2, 0.25) is 0 Å². The van der Waals surface area contributed by atoms with Gasteiger partial charge in [-0.2, -0.15) is 0 Å². The normalized spacial score (nSPS) is 10.9. The predicted molar refractivity (Wildman–Crippen MR) is 63.6 cm³/mol. The molecule has 0 aliphatic carbocycles. The Labute approximate surface area is 98.3 Å². The van der Waals surface area contributed by atoms with Crippen molar-refractivity contribution in [1.82, 2.24) is 4.98 Å². The summed E-state index contributed by atoms with van der Waals surface area (Å²) >= 11 is 0. The largest absolute Gasteiger partial charge is 0.481 e. The van der Waals surface area contributed by atoms with Crippen molar-refractivity contribution >= 4 is 16.9 Å². The number of carbonyl (C=O) groups is 1. The lowest BCUT2D eigenvalue weighted by atomic mass is 10.1. The zero-order valence-corrected chi connectivity index (χ0v) is 9.59. The van der Waals surface area contributed by atoms with E-state index in [1.165, 1.54) is 12.1 Å². The fourth-order valence-corrected chi connectivity index (χ4v) is 2.02. The molecule has 0 atom stereocenters. The van der Waals surface area contributed by atoms with E-state index in [1.54, 1.807) is 6.07 Å². The molecule has 0 saturated heterocycles. The molecule has 1 aromatic carbocycles. The van der Waals surface area contributed by atoms with Gasteiger partial charge in [0.05, 0.1) is 0 Å². The minimum Gasteiger partial charge on any atom is -0.481 e. The smallest absolute Gasteiger partial charge is 0.303 e. The lowest BCUT2D eigenvalue weighted by Gasteiger charge is -1.98. The van der Waals surface area contributed by atoms with Gasteiger partial charge in [0.1, 0.15) is 5.82 Å². The van der Waals surface area contributed by atoms with E-state index in [-0.39, 0.29) is 12.2 Å². The maximum atomic E-state index is 13.1. The van der Waals surface area contributed by atoms with Gasteiger partial charge in [-0.1, -0.05) is 0 Å². The number of aromatic nitrogens is 1. The number of carboxylic acid groups (broad SMARTS) is 1. The first-order valence-electron chi connectivity index (χ1n) is 5.56. The molecule has 2 rings (SSSR count). The first-order valence-corrected chi connectivity index (χ1v) is 5.56. The number of hydrogen-bond donors (Lipinski definition) is 2. The number of H-pyrrole nitrogens is 1. The number of aliphatic carboxylic acids is 1. The molecule has 0 amide bonds. The number of rotatable bonds is 4. The maximum absolute atomic E-state index is 13.1. The van der Waals surface area contributed by atoms with Gasteiger partial charge in [-0.25, -0.2) is 4.39 Å². The van der Waals surface area contributed by atoms with Crippen LogP contribution in [0.5, 0.6) is 0 Å². The van der Waals surface area contributed by atoms with Crippen LogP contribution in [-0.4, -0.2) is 16.1 Å². The molecule has 4 heteroatoms. The molecular weight excluding hydrogens is 221 g/mol. The van der Waals surface area contributed by atoms with Gasteiger partial charge in [-0.15, -0.1) is 0 Å². The summed E-state index contributed by atoms with van der Waals surface area (Å²) in [6, 6.07) is 4.62. The van der Waals surface area contributed by atoms with Crippen molar-refractivity contribution in [3.05, 3.63) is 35.3 Å². The molecule has 0 fully saturated rings. The van der Waals surface area contributed by atoms with Gasteiger partial charge < -0.3 is 10.1 Å². The molecule has 90 valence electrons. The van der Waals surface area contributed by atoms with Crippen LogP contribution in [0.3, 0.4) is 0 Å². The molecule has 2 N–H and O–H groups in total. The van der Waals surface area contributed by atoms with Crippen LogP contribution >= 0.6 is 0 Å². The summed E-state index contributed by atoms with van der Waals surface area (Å²) < 4.78 is 13.1. The highest BCUT2D eigenvalue weighted by molar-refractivity contribution is 5.84. The molecule has 0 spiro atoms. The molecule has 0 radical (unpaired) electrons. The molecule has 3 nitrogen and oxygen atoms in total. The molecular formula is C13H14FNO2. The number of aryl methyl sites for hydroxylation is 2. The zero-order valence-electron chi connectivity index (χ0n) is 9.59. The molecule has 1 heterocycles. The summed E-state index contributed by atoms with van der Waals surface area (Å²) in [5.74, 6) is -1.04. The van der Waals surface area contributed by atoms with Crippen molar-refractivity contribution in [2.45, 2.75) is 26.2 Å². The summed E-state index contributed by atoms with van der Waals surface area (Å²) in [4.78, 5) is 13.6. The van der Waals surface area contributed by atoms with Crippen LogP contribution in [0.2, 0.25) is 0 Å². The Morgan fingerprint density at radius 1 is 1.47 bits per heavy atom. The third kappa shape index (κ3) is 2.46. The minimum atomic E-state index is -0.787. The van der Waals surface area contributed by atoms with Gasteiger partial charge in [0.15, 0.2) is 0 Å². The van der Waals surface area contributed by atoms with Crippen LogP contribution in [0.1, 0.15) is 24.1 Å². The standard InChI is InChI=1S/C13H14FNO2/c1-8-10-7-9(14)5-6-12(10)15-11(8)3-2-4-13(16)17/h5-7,15H,2-4H2,1H3,(H,16,17). The quantitative estimate of drug-likeness (QED) is 0.855. The number of hydrogen-bond acceptors (Lipinski definition) is 1. The second kappa shape index (κ2) is 4.57. The van der Waals surface area contributed by atoms with E-state index in [9.17, 15) is 9.18 Å². The number of carboxylic acids is 1. The fourth-order valence-electron chi connectivity index (χ4n) is 2.02. The van der Waals surface area contributed by atoms with Crippen molar-refractivity contribution in [3.8, 4) is 0 Å². The van der Waals surface area contributed by atoms with Crippen LogP contribution in [0, 0.1) is 12.7 Å². The van der Waals surface area contributed by atoms with Crippen molar-refractivity contribution < 1.29 is 14.3 Å². The number of nitrogens with one attached hydrogen (secondary N) is 1. The van der Waals surface area contributed by atoms with E-state index in [2.05, 4.69) is 4.98 Å². The van der Waals surface area contributed by atoms with Crippen molar-refractivity contribution in [1.29, 1.82) is 0 Å². The first kappa shape index (κ1) is 11.6. The third-order valence-electron chi connectivity index (χ3n) is 2.94. The highest BCUT2D eigenvalue weighted by Gasteiger charge is 2.08. The van der Waals surface area contributed by atoms with Gasteiger partial charge in [-0.05, 0) is 43.5 Å². The van der Waals surface area contributed by atoms with Gasteiger partial charge in [0.25, 0.3) is 0 Å². The van der Waals surface area contributed by atoms with E-state index in [0.717, 1.165) is 22.2 Å². The Bertz CT molecular complexity index is 560. The van der Waals surface area contributed by atoms with Crippen LogP contribution in [-0.2, 0) is 11.2 Å². The maximum Gasteiger partial charge on any atom is 0.303 e. The molecule has 2 aromatic rings. The molecule has 17 heavy (non-hydrogen) atoms. The second-order valence-corrected chi connectivity index (χ2v) is 4.17. The summed E-state index contributed by atoms with van der Waals surface area (Å²) in [5.41, 5.74) is 2.89.